The summed E-state index contributed by atoms with van der Waals surface area (Å²) in [6.45, 7) is 21.8. The second-order valence-corrected chi connectivity index (χ2v) is 10.9. The Hall–Kier alpha value is 0. The van der Waals surface area contributed by atoms with Gasteiger partial charge >= 0.3 is 0 Å². The Morgan fingerprint density at radius 3 is 1.61 bits per heavy atom. The van der Waals surface area contributed by atoms with Crippen LogP contribution in [0.5, 0.6) is 0 Å². The molecule has 0 radical (unpaired) electrons. The van der Waals surface area contributed by atoms with Gasteiger partial charge in [-0.2, -0.15) is 0 Å². The van der Waals surface area contributed by atoms with Gasteiger partial charge in [-0.1, -0.05) is 101 Å². The molecular formula is C23H48. The van der Waals surface area contributed by atoms with Crippen molar-refractivity contribution in [3.05, 3.63) is 0 Å². The summed E-state index contributed by atoms with van der Waals surface area (Å²) in [5, 5.41) is 0. The smallest absolute Gasteiger partial charge is 0.0285 e. The average Bonchev–Trinajstić information content (AvgIpc) is 2.30. The van der Waals surface area contributed by atoms with Crippen molar-refractivity contribution in [1.82, 2.24) is 0 Å². The van der Waals surface area contributed by atoms with E-state index < -0.39 is 0 Å². The molecule has 0 aromatic rings. The molecule has 0 fully saturated rings. The lowest BCUT2D eigenvalue weighted by molar-refractivity contribution is 0.0643. The highest BCUT2D eigenvalue weighted by Gasteiger charge is 2.38. The quantitative estimate of drug-likeness (QED) is 0.333. The van der Waals surface area contributed by atoms with Crippen LogP contribution in [0.1, 0.15) is 127 Å². The highest BCUT2D eigenvalue weighted by Crippen LogP contribution is 2.50. The van der Waals surface area contributed by atoms with Gasteiger partial charge in [0.05, 0.1) is 0 Å². The molecule has 0 spiro atoms. The first-order valence-corrected chi connectivity index (χ1v) is 10.4. The largest absolute Gasteiger partial charge is 0.0654 e. The molecule has 1 unspecified atom stereocenters. The van der Waals surface area contributed by atoms with E-state index >= 15 is 0 Å². The van der Waals surface area contributed by atoms with Gasteiger partial charge in [-0.3, -0.25) is 0 Å². The molecule has 0 aromatic carbocycles. The van der Waals surface area contributed by atoms with E-state index in [2.05, 4.69) is 62.3 Å². The topological polar surface area (TPSA) is 0 Å². The molecule has 0 aromatic heterocycles. The van der Waals surface area contributed by atoms with E-state index in [1.54, 1.807) is 0 Å². The second-order valence-electron chi connectivity index (χ2n) is 10.9. The van der Waals surface area contributed by atoms with Crippen LogP contribution in [-0.4, -0.2) is 0 Å². The van der Waals surface area contributed by atoms with E-state index in [0.29, 0.717) is 16.2 Å². The average molecular weight is 325 g/mol. The van der Waals surface area contributed by atoms with Gasteiger partial charge in [0.2, 0.25) is 0 Å². The van der Waals surface area contributed by atoms with Gasteiger partial charge in [0.25, 0.3) is 0 Å². The summed E-state index contributed by atoms with van der Waals surface area (Å²) in [5.74, 6) is 0.871. The highest BCUT2D eigenvalue weighted by molar-refractivity contribution is 4.89. The van der Waals surface area contributed by atoms with Gasteiger partial charge in [-0.15, -0.1) is 0 Å². The van der Waals surface area contributed by atoms with Crippen molar-refractivity contribution < 1.29 is 0 Å². The maximum atomic E-state index is 2.50. The Morgan fingerprint density at radius 2 is 1.22 bits per heavy atom. The summed E-state index contributed by atoms with van der Waals surface area (Å²) in [7, 11) is 0. The van der Waals surface area contributed by atoms with Crippen molar-refractivity contribution in [2.24, 2.45) is 22.2 Å². The van der Waals surface area contributed by atoms with Crippen LogP contribution >= 0.6 is 0 Å². The summed E-state index contributed by atoms with van der Waals surface area (Å²) < 4.78 is 0. The predicted octanol–water partition coefficient (Wildman–Crippen LogP) is 8.64. The zero-order valence-corrected chi connectivity index (χ0v) is 18.1. The summed E-state index contributed by atoms with van der Waals surface area (Å²) in [6.07, 6.45) is 14.0. The van der Waals surface area contributed by atoms with E-state index in [1.165, 1.54) is 64.2 Å². The fourth-order valence-electron chi connectivity index (χ4n) is 5.00. The Balaban J connectivity index is 5.24. The molecule has 0 nitrogen and oxygen atoms in total. The molecule has 0 heterocycles. The van der Waals surface area contributed by atoms with Gasteiger partial charge in [-0.25, -0.2) is 0 Å². The first-order valence-electron chi connectivity index (χ1n) is 10.4. The summed E-state index contributed by atoms with van der Waals surface area (Å²) in [5.41, 5.74) is 1.41. The Labute approximate surface area is 149 Å². The molecule has 0 saturated carbocycles. The number of hydrogen-bond acceptors (Lipinski definition) is 0. The Kier molecular flexibility index (Phi) is 10.1. The van der Waals surface area contributed by atoms with Crippen LogP contribution < -0.4 is 0 Å². The van der Waals surface area contributed by atoms with Crippen molar-refractivity contribution in [2.75, 3.05) is 0 Å². The predicted molar refractivity (Wildman–Crippen MR) is 108 cm³/mol. The Morgan fingerprint density at radius 1 is 0.696 bits per heavy atom. The van der Waals surface area contributed by atoms with Gasteiger partial charge in [0.1, 0.15) is 0 Å². The third-order valence-electron chi connectivity index (χ3n) is 4.93. The third kappa shape index (κ3) is 12.1. The molecule has 0 N–H and O–H groups in total. The molecule has 23 heavy (non-hydrogen) atoms. The molecule has 0 aliphatic heterocycles. The van der Waals surface area contributed by atoms with E-state index in [4.69, 9.17) is 0 Å². The number of hydrogen-bond donors (Lipinski definition) is 0. The summed E-state index contributed by atoms with van der Waals surface area (Å²) in [6, 6.07) is 0. The van der Waals surface area contributed by atoms with Gasteiger partial charge in [-0.05, 0) is 47.8 Å². The van der Waals surface area contributed by atoms with Crippen LogP contribution in [0.15, 0.2) is 0 Å². The Bertz CT molecular complexity index is 270. The minimum absolute atomic E-state index is 0.432. The summed E-state index contributed by atoms with van der Waals surface area (Å²) >= 11 is 0. The standard InChI is InChI=1S/C23H48/c1-10-12-13-14-16-23(18-21(4,5)6,19-22(7,8)9)17-20(3)15-11-2/h20H,10-19H2,1-9H3. The lowest BCUT2D eigenvalue weighted by atomic mass is 9.61. The van der Waals surface area contributed by atoms with E-state index in [0.717, 1.165) is 5.92 Å². The molecular weight excluding hydrogens is 276 g/mol. The zero-order valence-electron chi connectivity index (χ0n) is 18.1. The second kappa shape index (κ2) is 10.1. The van der Waals surface area contributed by atoms with Gasteiger partial charge in [0.15, 0.2) is 0 Å². The molecule has 140 valence electrons. The molecule has 0 rings (SSSR count). The molecule has 0 aliphatic rings. The van der Waals surface area contributed by atoms with Crippen LogP contribution in [0.25, 0.3) is 0 Å². The number of rotatable bonds is 11. The van der Waals surface area contributed by atoms with E-state index in [-0.39, 0.29) is 0 Å². The first-order chi connectivity index (χ1) is 10.4. The molecule has 0 aliphatic carbocycles. The molecule has 0 saturated heterocycles. The van der Waals surface area contributed by atoms with Crippen LogP contribution in [0.2, 0.25) is 0 Å². The minimum Gasteiger partial charge on any atom is -0.0654 e. The first kappa shape index (κ1) is 23.0. The van der Waals surface area contributed by atoms with Crippen LogP contribution in [0.3, 0.4) is 0 Å². The van der Waals surface area contributed by atoms with Crippen LogP contribution in [0.4, 0.5) is 0 Å². The number of unbranched alkanes of at least 4 members (excludes halogenated alkanes) is 3. The lowest BCUT2D eigenvalue weighted by Gasteiger charge is -2.45. The third-order valence-corrected chi connectivity index (χ3v) is 4.93. The minimum atomic E-state index is 0.432. The van der Waals surface area contributed by atoms with Crippen LogP contribution in [0, 0.1) is 22.2 Å². The maximum absolute atomic E-state index is 2.50. The fourth-order valence-corrected chi connectivity index (χ4v) is 5.00. The van der Waals surface area contributed by atoms with Gasteiger partial charge < -0.3 is 0 Å². The van der Waals surface area contributed by atoms with E-state index in [9.17, 15) is 0 Å². The molecule has 0 bridgehead atoms. The normalized spacial score (nSPS) is 15.0. The highest BCUT2D eigenvalue weighted by atomic mass is 14.4. The van der Waals surface area contributed by atoms with Crippen molar-refractivity contribution in [1.29, 1.82) is 0 Å². The zero-order chi connectivity index (χ0) is 18.1. The van der Waals surface area contributed by atoms with Crippen molar-refractivity contribution >= 4 is 0 Å². The fraction of sp³-hybridized carbons (Fsp3) is 1.00. The lowest BCUT2D eigenvalue weighted by Crippen LogP contribution is -2.33. The maximum Gasteiger partial charge on any atom is -0.0285 e. The summed E-state index contributed by atoms with van der Waals surface area (Å²) in [4.78, 5) is 0. The molecule has 0 amide bonds. The van der Waals surface area contributed by atoms with Crippen molar-refractivity contribution in [3.8, 4) is 0 Å². The van der Waals surface area contributed by atoms with Gasteiger partial charge in [0, 0.05) is 0 Å². The van der Waals surface area contributed by atoms with Crippen molar-refractivity contribution in [3.63, 3.8) is 0 Å². The van der Waals surface area contributed by atoms with Crippen LogP contribution in [-0.2, 0) is 0 Å². The SMILES string of the molecule is CCCCCCC(CC(C)CCC)(CC(C)(C)C)CC(C)(C)C. The van der Waals surface area contributed by atoms with E-state index in [1.807, 2.05) is 0 Å². The molecule has 1 atom stereocenters. The molecule has 0 heteroatoms. The monoisotopic (exact) mass is 324 g/mol. The van der Waals surface area contributed by atoms with Crippen molar-refractivity contribution in [2.45, 2.75) is 127 Å².